The van der Waals surface area contributed by atoms with Gasteiger partial charge in [0.15, 0.2) is 10.4 Å². The molecule has 0 fully saturated rings. The van der Waals surface area contributed by atoms with Gasteiger partial charge in [-0.05, 0) is 71.9 Å². The summed E-state index contributed by atoms with van der Waals surface area (Å²) in [6.45, 7) is 6.72. The molecule has 158 valence electrons. The number of aromatic nitrogens is 1. The molecule has 7 heteroatoms. The molecule has 1 amide bonds. The second kappa shape index (κ2) is 9.80. The lowest BCUT2D eigenvalue weighted by Gasteiger charge is -2.22. The van der Waals surface area contributed by atoms with E-state index in [2.05, 4.69) is 20.9 Å². The number of furan rings is 1. The van der Waals surface area contributed by atoms with Crippen molar-refractivity contribution in [2.45, 2.75) is 33.7 Å². The number of rotatable bonds is 8. The molecule has 2 heterocycles. The van der Waals surface area contributed by atoms with Gasteiger partial charge in [-0.3, -0.25) is 4.79 Å². The lowest BCUT2D eigenvalue weighted by molar-refractivity contribution is 0.0519. The van der Waals surface area contributed by atoms with Gasteiger partial charge in [-0.15, -0.1) is 0 Å². The predicted octanol–water partition coefficient (Wildman–Crippen LogP) is 5.05. The number of nitrogens with zero attached hydrogens (tertiary/aromatic N) is 1. The van der Waals surface area contributed by atoms with Crippen LogP contribution in [0.25, 0.3) is 0 Å². The van der Waals surface area contributed by atoms with Crippen molar-refractivity contribution in [3.05, 3.63) is 81.0 Å². The van der Waals surface area contributed by atoms with E-state index in [0.29, 0.717) is 36.5 Å². The summed E-state index contributed by atoms with van der Waals surface area (Å²) in [7, 11) is 0. The SMILES string of the molecule is CCOC(=O)c1[nH]c(C)c(CN(CCc2ccccc2)C(=O)c2ccc(Br)o2)c1C. The first-order valence-corrected chi connectivity index (χ1v) is 10.6. The molecule has 0 spiro atoms. The van der Waals surface area contributed by atoms with Crippen LogP contribution in [0.4, 0.5) is 0 Å². The van der Waals surface area contributed by atoms with E-state index in [1.807, 2.05) is 44.2 Å². The summed E-state index contributed by atoms with van der Waals surface area (Å²) in [5, 5.41) is 0. The Kier molecular flexibility index (Phi) is 7.15. The molecule has 30 heavy (non-hydrogen) atoms. The van der Waals surface area contributed by atoms with Crippen LogP contribution in [0.3, 0.4) is 0 Å². The number of aromatic amines is 1. The quantitative estimate of drug-likeness (QED) is 0.465. The predicted molar refractivity (Wildman–Crippen MR) is 118 cm³/mol. The van der Waals surface area contributed by atoms with E-state index in [-0.39, 0.29) is 17.6 Å². The summed E-state index contributed by atoms with van der Waals surface area (Å²) in [4.78, 5) is 30.3. The van der Waals surface area contributed by atoms with E-state index >= 15 is 0 Å². The molecule has 6 nitrogen and oxygen atoms in total. The van der Waals surface area contributed by atoms with Crippen LogP contribution in [0, 0.1) is 13.8 Å². The van der Waals surface area contributed by atoms with Gasteiger partial charge in [-0.1, -0.05) is 30.3 Å². The average Bonchev–Trinajstić information content (AvgIpc) is 3.29. The number of carbonyl (C=O) groups is 2. The van der Waals surface area contributed by atoms with Crippen LogP contribution in [-0.2, 0) is 17.7 Å². The Hall–Kier alpha value is -2.80. The molecule has 1 aromatic carbocycles. The van der Waals surface area contributed by atoms with Gasteiger partial charge in [-0.25, -0.2) is 4.79 Å². The van der Waals surface area contributed by atoms with Crippen molar-refractivity contribution in [3.8, 4) is 0 Å². The van der Waals surface area contributed by atoms with Crippen LogP contribution in [0.15, 0.2) is 51.6 Å². The molecule has 2 aromatic heterocycles. The fraction of sp³-hybridized carbons (Fsp3) is 0.304. The summed E-state index contributed by atoms with van der Waals surface area (Å²) >= 11 is 3.26. The number of H-pyrrole nitrogens is 1. The maximum Gasteiger partial charge on any atom is 0.355 e. The van der Waals surface area contributed by atoms with Gasteiger partial charge in [0, 0.05) is 18.8 Å². The van der Waals surface area contributed by atoms with Crippen molar-refractivity contribution in [2.75, 3.05) is 13.2 Å². The van der Waals surface area contributed by atoms with Crippen molar-refractivity contribution in [1.29, 1.82) is 0 Å². The van der Waals surface area contributed by atoms with Crippen LogP contribution < -0.4 is 0 Å². The summed E-state index contributed by atoms with van der Waals surface area (Å²) in [5.41, 5.74) is 4.12. The number of nitrogens with one attached hydrogen (secondary N) is 1. The highest BCUT2D eigenvalue weighted by Crippen LogP contribution is 2.23. The first-order chi connectivity index (χ1) is 14.4. The molecule has 0 aliphatic rings. The average molecular weight is 473 g/mol. The van der Waals surface area contributed by atoms with Crippen molar-refractivity contribution in [1.82, 2.24) is 9.88 Å². The molecule has 0 radical (unpaired) electrons. The third kappa shape index (κ3) is 5.02. The number of ether oxygens (including phenoxy) is 1. The Morgan fingerprint density at radius 2 is 1.87 bits per heavy atom. The van der Waals surface area contributed by atoms with Gasteiger partial charge in [0.2, 0.25) is 0 Å². The fourth-order valence-electron chi connectivity index (χ4n) is 3.37. The molecule has 3 rings (SSSR count). The second-order valence-electron chi connectivity index (χ2n) is 7.02. The minimum atomic E-state index is -0.388. The highest BCUT2D eigenvalue weighted by Gasteiger charge is 2.24. The number of hydrogen-bond acceptors (Lipinski definition) is 4. The fourth-order valence-corrected chi connectivity index (χ4v) is 3.68. The Bertz CT molecular complexity index is 1020. The molecule has 0 saturated carbocycles. The van der Waals surface area contributed by atoms with Crippen molar-refractivity contribution < 1.29 is 18.7 Å². The number of hydrogen-bond donors (Lipinski definition) is 1. The Balaban J connectivity index is 1.86. The number of esters is 1. The Labute approximate surface area is 184 Å². The largest absolute Gasteiger partial charge is 0.461 e. The van der Waals surface area contributed by atoms with E-state index < -0.39 is 0 Å². The number of halogens is 1. The number of aryl methyl sites for hydroxylation is 1. The number of amides is 1. The normalized spacial score (nSPS) is 10.8. The lowest BCUT2D eigenvalue weighted by Crippen LogP contribution is -2.32. The smallest absolute Gasteiger partial charge is 0.355 e. The van der Waals surface area contributed by atoms with Gasteiger partial charge in [0.1, 0.15) is 5.69 Å². The third-order valence-corrected chi connectivity index (χ3v) is 5.43. The molecule has 0 atom stereocenters. The van der Waals surface area contributed by atoms with Gasteiger partial charge >= 0.3 is 5.97 Å². The van der Waals surface area contributed by atoms with Crippen LogP contribution in [0.2, 0.25) is 0 Å². The monoisotopic (exact) mass is 472 g/mol. The molecular weight excluding hydrogens is 448 g/mol. The summed E-state index contributed by atoms with van der Waals surface area (Å²) in [6.07, 6.45) is 0.710. The summed E-state index contributed by atoms with van der Waals surface area (Å²) in [6, 6.07) is 13.4. The third-order valence-electron chi connectivity index (χ3n) is 5.01. The van der Waals surface area contributed by atoms with Crippen LogP contribution >= 0.6 is 15.9 Å². The zero-order valence-corrected chi connectivity index (χ0v) is 18.9. The topological polar surface area (TPSA) is 75.5 Å². The zero-order chi connectivity index (χ0) is 21.7. The maximum absolute atomic E-state index is 13.2. The Morgan fingerprint density at radius 1 is 1.13 bits per heavy atom. The van der Waals surface area contributed by atoms with Crippen LogP contribution in [0.1, 0.15) is 50.4 Å². The van der Waals surface area contributed by atoms with Crippen molar-refractivity contribution in [2.24, 2.45) is 0 Å². The van der Waals surface area contributed by atoms with E-state index in [4.69, 9.17) is 9.15 Å². The maximum atomic E-state index is 13.2. The highest BCUT2D eigenvalue weighted by molar-refractivity contribution is 9.10. The first-order valence-electron chi connectivity index (χ1n) is 9.84. The molecule has 0 bridgehead atoms. The minimum absolute atomic E-state index is 0.200. The van der Waals surface area contributed by atoms with Crippen molar-refractivity contribution in [3.63, 3.8) is 0 Å². The van der Waals surface area contributed by atoms with Crippen LogP contribution in [-0.4, -0.2) is 34.9 Å². The van der Waals surface area contributed by atoms with E-state index in [0.717, 1.165) is 22.4 Å². The van der Waals surface area contributed by atoms with Crippen LogP contribution in [0.5, 0.6) is 0 Å². The van der Waals surface area contributed by atoms with E-state index in [1.165, 1.54) is 0 Å². The molecule has 0 aliphatic carbocycles. The molecule has 3 aromatic rings. The minimum Gasteiger partial charge on any atom is -0.461 e. The number of carbonyl (C=O) groups excluding carboxylic acids is 2. The first kappa shape index (κ1) is 21.9. The molecular formula is C23H25BrN2O4. The van der Waals surface area contributed by atoms with E-state index in [9.17, 15) is 9.59 Å². The zero-order valence-electron chi connectivity index (χ0n) is 17.3. The molecule has 0 saturated heterocycles. The summed E-state index contributed by atoms with van der Waals surface area (Å²) < 4.78 is 11.1. The molecule has 0 unspecified atom stereocenters. The van der Waals surface area contributed by atoms with Gasteiger partial charge in [0.05, 0.1) is 6.61 Å². The van der Waals surface area contributed by atoms with Crippen molar-refractivity contribution >= 4 is 27.8 Å². The lowest BCUT2D eigenvalue weighted by atomic mass is 10.1. The molecule has 0 aliphatic heterocycles. The van der Waals surface area contributed by atoms with Gasteiger partial charge in [0.25, 0.3) is 5.91 Å². The standard InChI is InChI=1S/C23H25BrN2O4/c1-4-29-23(28)21-15(2)18(16(3)25-21)14-26(13-12-17-8-6-5-7-9-17)22(27)19-10-11-20(24)30-19/h5-11,25H,4,12-14H2,1-3H3. The highest BCUT2D eigenvalue weighted by atomic mass is 79.9. The van der Waals surface area contributed by atoms with E-state index in [1.54, 1.807) is 24.0 Å². The number of benzene rings is 1. The van der Waals surface area contributed by atoms with Gasteiger partial charge in [-0.2, -0.15) is 0 Å². The second-order valence-corrected chi connectivity index (χ2v) is 7.80. The van der Waals surface area contributed by atoms with Gasteiger partial charge < -0.3 is 19.0 Å². The summed E-state index contributed by atoms with van der Waals surface area (Å²) in [5.74, 6) is -0.317. The Morgan fingerprint density at radius 3 is 2.50 bits per heavy atom. The molecule has 1 N–H and O–H groups in total.